The van der Waals surface area contributed by atoms with Crippen molar-refractivity contribution in [2.24, 2.45) is 12.8 Å². The standard InChI is InChI=1S/C12H20N4O/c1-9-4-3-5-10(8-13)16(9)12(17)11-6-7-15(2)14-11/h6-7,9-10H,3-5,8,13H2,1-2H3. The molecule has 2 N–H and O–H groups in total. The molecule has 0 bridgehead atoms. The Hall–Kier alpha value is -1.36. The maximum absolute atomic E-state index is 12.4. The van der Waals surface area contributed by atoms with Gasteiger partial charge in [-0.1, -0.05) is 0 Å². The Morgan fingerprint density at radius 1 is 1.59 bits per heavy atom. The van der Waals surface area contributed by atoms with Gasteiger partial charge in [0.2, 0.25) is 0 Å². The van der Waals surface area contributed by atoms with E-state index in [1.165, 1.54) is 0 Å². The number of likely N-dealkylation sites (tertiary alicyclic amines) is 1. The smallest absolute Gasteiger partial charge is 0.274 e. The van der Waals surface area contributed by atoms with Gasteiger partial charge in [0.1, 0.15) is 5.69 Å². The number of aromatic nitrogens is 2. The molecule has 2 rings (SSSR count). The van der Waals surface area contributed by atoms with E-state index >= 15 is 0 Å². The van der Waals surface area contributed by atoms with E-state index < -0.39 is 0 Å². The first-order valence-electron chi connectivity index (χ1n) is 6.16. The summed E-state index contributed by atoms with van der Waals surface area (Å²) >= 11 is 0. The van der Waals surface area contributed by atoms with Crippen LogP contribution in [0.4, 0.5) is 0 Å². The van der Waals surface area contributed by atoms with E-state index in [0.29, 0.717) is 12.2 Å². The van der Waals surface area contributed by atoms with Crippen LogP contribution in [0.25, 0.3) is 0 Å². The molecular weight excluding hydrogens is 216 g/mol. The summed E-state index contributed by atoms with van der Waals surface area (Å²) in [5.74, 6) is 0.00764. The Morgan fingerprint density at radius 2 is 2.35 bits per heavy atom. The third-order valence-corrected chi connectivity index (χ3v) is 3.47. The monoisotopic (exact) mass is 236 g/mol. The summed E-state index contributed by atoms with van der Waals surface area (Å²) in [5.41, 5.74) is 6.27. The summed E-state index contributed by atoms with van der Waals surface area (Å²) in [5, 5.41) is 4.17. The molecule has 0 saturated carbocycles. The van der Waals surface area contributed by atoms with Crippen molar-refractivity contribution in [1.82, 2.24) is 14.7 Å². The second kappa shape index (κ2) is 4.87. The van der Waals surface area contributed by atoms with Crippen LogP contribution in [0.1, 0.15) is 36.7 Å². The van der Waals surface area contributed by atoms with Gasteiger partial charge in [0, 0.05) is 31.9 Å². The number of hydrogen-bond acceptors (Lipinski definition) is 3. The largest absolute Gasteiger partial charge is 0.330 e. The Kier molecular flexibility index (Phi) is 3.47. The minimum Gasteiger partial charge on any atom is -0.330 e. The van der Waals surface area contributed by atoms with Crippen LogP contribution in [0.15, 0.2) is 12.3 Å². The second-order valence-electron chi connectivity index (χ2n) is 4.76. The highest BCUT2D eigenvalue weighted by atomic mass is 16.2. The number of carbonyl (C=O) groups is 1. The Labute approximate surface area is 102 Å². The summed E-state index contributed by atoms with van der Waals surface area (Å²) in [7, 11) is 1.82. The van der Waals surface area contributed by atoms with E-state index in [-0.39, 0.29) is 18.0 Å². The molecule has 1 aliphatic heterocycles. The molecule has 1 amide bonds. The van der Waals surface area contributed by atoms with Gasteiger partial charge in [-0.3, -0.25) is 9.48 Å². The Balaban J connectivity index is 2.21. The first kappa shape index (κ1) is 12.1. The minimum absolute atomic E-state index is 0.00764. The summed E-state index contributed by atoms with van der Waals surface area (Å²) in [6.07, 6.45) is 4.99. The third-order valence-electron chi connectivity index (χ3n) is 3.47. The van der Waals surface area contributed by atoms with Crippen LogP contribution >= 0.6 is 0 Å². The Morgan fingerprint density at radius 3 is 2.94 bits per heavy atom. The van der Waals surface area contributed by atoms with E-state index in [2.05, 4.69) is 12.0 Å². The molecule has 17 heavy (non-hydrogen) atoms. The first-order valence-corrected chi connectivity index (χ1v) is 6.16. The van der Waals surface area contributed by atoms with Crippen LogP contribution in [-0.4, -0.2) is 39.2 Å². The highest BCUT2D eigenvalue weighted by molar-refractivity contribution is 5.92. The van der Waals surface area contributed by atoms with E-state index in [0.717, 1.165) is 19.3 Å². The van der Waals surface area contributed by atoms with Gasteiger partial charge in [-0.05, 0) is 32.3 Å². The van der Waals surface area contributed by atoms with Crippen LogP contribution in [0.5, 0.6) is 0 Å². The fourth-order valence-electron chi connectivity index (χ4n) is 2.55. The lowest BCUT2D eigenvalue weighted by atomic mass is 9.96. The van der Waals surface area contributed by atoms with Crippen molar-refractivity contribution < 1.29 is 4.79 Å². The van der Waals surface area contributed by atoms with Crippen LogP contribution in [0.3, 0.4) is 0 Å². The minimum atomic E-state index is 0.00764. The average molecular weight is 236 g/mol. The highest BCUT2D eigenvalue weighted by Crippen LogP contribution is 2.23. The molecule has 5 nitrogen and oxygen atoms in total. The van der Waals surface area contributed by atoms with Crippen molar-refractivity contribution in [2.45, 2.75) is 38.3 Å². The van der Waals surface area contributed by atoms with Crippen molar-refractivity contribution in [3.63, 3.8) is 0 Å². The molecule has 94 valence electrons. The van der Waals surface area contributed by atoms with Crippen LogP contribution in [0, 0.1) is 0 Å². The van der Waals surface area contributed by atoms with E-state index in [9.17, 15) is 4.79 Å². The van der Waals surface area contributed by atoms with Gasteiger partial charge in [-0.25, -0.2) is 0 Å². The first-order chi connectivity index (χ1) is 8.13. The molecule has 1 aromatic heterocycles. The van der Waals surface area contributed by atoms with Crippen LogP contribution in [0.2, 0.25) is 0 Å². The SMILES string of the molecule is CC1CCCC(CN)N1C(=O)c1ccn(C)n1. The summed E-state index contributed by atoms with van der Waals surface area (Å²) in [6.45, 7) is 2.62. The zero-order valence-electron chi connectivity index (χ0n) is 10.5. The zero-order chi connectivity index (χ0) is 12.4. The average Bonchev–Trinajstić information content (AvgIpc) is 2.74. The fraction of sp³-hybridized carbons (Fsp3) is 0.667. The zero-order valence-corrected chi connectivity index (χ0v) is 10.5. The molecule has 2 unspecified atom stereocenters. The molecular formula is C12H20N4O. The van der Waals surface area contributed by atoms with Gasteiger partial charge < -0.3 is 10.6 Å². The molecule has 0 radical (unpaired) electrons. The third kappa shape index (κ3) is 2.34. The number of amides is 1. The summed E-state index contributed by atoms with van der Waals surface area (Å²) in [6, 6.07) is 2.18. The van der Waals surface area contributed by atoms with Crippen molar-refractivity contribution in [3.05, 3.63) is 18.0 Å². The predicted molar refractivity (Wildman–Crippen MR) is 65.5 cm³/mol. The van der Waals surface area contributed by atoms with Gasteiger partial charge in [0.15, 0.2) is 0 Å². The predicted octanol–water partition coefficient (Wildman–Crippen LogP) is 0.762. The van der Waals surface area contributed by atoms with E-state index in [1.807, 2.05) is 11.9 Å². The molecule has 5 heteroatoms. The van der Waals surface area contributed by atoms with Gasteiger partial charge >= 0.3 is 0 Å². The van der Waals surface area contributed by atoms with E-state index in [1.54, 1.807) is 16.9 Å². The number of piperidine rings is 1. The number of nitrogens with zero attached hydrogens (tertiary/aromatic N) is 3. The van der Waals surface area contributed by atoms with Gasteiger partial charge in [-0.15, -0.1) is 0 Å². The van der Waals surface area contributed by atoms with Crippen molar-refractivity contribution in [3.8, 4) is 0 Å². The number of hydrogen-bond donors (Lipinski definition) is 1. The van der Waals surface area contributed by atoms with E-state index in [4.69, 9.17) is 5.73 Å². The Bertz CT molecular complexity index is 401. The molecule has 2 heterocycles. The van der Waals surface area contributed by atoms with Crippen LogP contribution < -0.4 is 5.73 Å². The second-order valence-corrected chi connectivity index (χ2v) is 4.76. The molecule has 1 saturated heterocycles. The van der Waals surface area contributed by atoms with Gasteiger partial charge in [0.05, 0.1) is 0 Å². The molecule has 0 aromatic carbocycles. The number of rotatable bonds is 2. The van der Waals surface area contributed by atoms with Crippen molar-refractivity contribution in [1.29, 1.82) is 0 Å². The van der Waals surface area contributed by atoms with Gasteiger partial charge in [0.25, 0.3) is 5.91 Å². The number of nitrogens with two attached hydrogens (primary N) is 1. The number of carbonyl (C=O) groups excluding carboxylic acids is 1. The summed E-state index contributed by atoms with van der Waals surface area (Å²) in [4.78, 5) is 14.3. The molecule has 1 aliphatic rings. The quantitative estimate of drug-likeness (QED) is 0.824. The number of aryl methyl sites for hydroxylation is 1. The molecule has 0 spiro atoms. The normalized spacial score (nSPS) is 25.0. The summed E-state index contributed by atoms with van der Waals surface area (Å²) < 4.78 is 1.65. The van der Waals surface area contributed by atoms with Crippen LogP contribution in [-0.2, 0) is 7.05 Å². The lowest BCUT2D eigenvalue weighted by molar-refractivity contribution is 0.0487. The van der Waals surface area contributed by atoms with Crippen molar-refractivity contribution >= 4 is 5.91 Å². The lowest BCUT2D eigenvalue weighted by Gasteiger charge is -2.39. The topological polar surface area (TPSA) is 64.2 Å². The molecule has 1 fully saturated rings. The molecule has 2 atom stereocenters. The lowest BCUT2D eigenvalue weighted by Crippen LogP contribution is -2.52. The molecule has 1 aromatic rings. The fourth-order valence-corrected chi connectivity index (χ4v) is 2.55. The van der Waals surface area contributed by atoms with Gasteiger partial charge in [-0.2, -0.15) is 5.10 Å². The highest BCUT2D eigenvalue weighted by Gasteiger charge is 2.32. The van der Waals surface area contributed by atoms with Crippen molar-refractivity contribution in [2.75, 3.05) is 6.54 Å². The maximum Gasteiger partial charge on any atom is 0.274 e. The molecule has 0 aliphatic carbocycles. The maximum atomic E-state index is 12.4.